The molecule has 0 aromatic heterocycles. The van der Waals surface area contributed by atoms with Crippen LogP contribution in [0.1, 0.15) is 11.1 Å². The van der Waals surface area contributed by atoms with Crippen molar-refractivity contribution in [3.8, 4) is 17.6 Å². The average Bonchev–Trinajstić information content (AvgIpc) is 2.48. The van der Waals surface area contributed by atoms with E-state index in [9.17, 15) is 0 Å². The van der Waals surface area contributed by atoms with Crippen LogP contribution >= 0.6 is 0 Å². The van der Waals surface area contributed by atoms with Gasteiger partial charge in [0.25, 0.3) is 0 Å². The van der Waals surface area contributed by atoms with Gasteiger partial charge in [-0.1, -0.05) is 0 Å². The van der Waals surface area contributed by atoms with Gasteiger partial charge in [-0.3, -0.25) is 0 Å². The number of hydrogen-bond donors (Lipinski definition) is 3. The van der Waals surface area contributed by atoms with Gasteiger partial charge in [-0.25, -0.2) is 0 Å². The summed E-state index contributed by atoms with van der Waals surface area (Å²) in [4.78, 5) is 0. The molecule has 0 atom stereocenters. The lowest BCUT2D eigenvalue weighted by Crippen LogP contribution is -2.16. The predicted molar refractivity (Wildman–Crippen MR) is 77.1 cm³/mol. The van der Waals surface area contributed by atoms with E-state index in [1.807, 2.05) is 6.07 Å². The normalized spacial score (nSPS) is 9.95. The van der Waals surface area contributed by atoms with Gasteiger partial charge in [-0.2, -0.15) is 5.26 Å². The highest BCUT2D eigenvalue weighted by atomic mass is 16.6. The average molecular weight is 284 g/mol. The fourth-order valence-corrected chi connectivity index (χ4v) is 1.67. The zero-order valence-electron chi connectivity index (χ0n) is 11.1. The van der Waals surface area contributed by atoms with E-state index in [2.05, 4.69) is 4.65 Å². The Morgan fingerprint density at radius 2 is 1.76 bits per heavy atom. The topological polar surface area (TPSA) is 109 Å². The molecule has 0 spiro atoms. The number of rotatable bonds is 5. The third kappa shape index (κ3) is 4.22. The number of anilines is 1. The van der Waals surface area contributed by atoms with Gasteiger partial charge in [0.2, 0.25) is 0 Å². The molecule has 0 aliphatic carbocycles. The Balaban J connectivity index is 2.12. The minimum atomic E-state index is -1.85. The summed E-state index contributed by atoms with van der Waals surface area (Å²) in [5.74, 6) is 1.10. The van der Waals surface area contributed by atoms with Crippen molar-refractivity contribution in [3.63, 3.8) is 0 Å². The maximum atomic E-state index is 8.73. The van der Waals surface area contributed by atoms with Crippen LogP contribution in [0, 0.1) is 11.3 Å². The first-order valence-electron chi connectivity index (χ1n) is 6.12. The van der Waals surface area contributed by atoms with Gasteiger partial charge in [-0.15, -0.1) is 0 Å². The molecule has 6 nitrogen and oxygen atoms in total. The van der Waals surface area contributed by atoms with Crippen LogP contribution in [0.15, 0.2) is 42.5 Å². The van der Waals surface area contributed by atoms with Crippen LogP contribution in [0.25, 0.3) is 0 Å². The second-order valence-electron chi connectivity index (χ2n) is 4.24. The molecule has 2 rings (SSSR count). The number of hydrogen-bond acceptors (Lipinski definition) is 6. The summed E-state index contributed by atoms with van der Waals surface area (Å²) in [6, 6.07) is 13.7. The molecule has 0 heterocycles. The maximum absolute atomic E-state index is 8.73. The minimum Gasteiger partial charge on any atom is -0.457 e. The SMILES string of the molecule is N#Cc1ccc(Oc2ccc(N)c(COB(O)O)c2)cc1. The molecular weight excluding hydrogens is 271 g/mol. The summed E-state index contributed by atoms with van der Waals surface area (Å²) >= 11 is 0. The predicted octanol–water partition coefficient (Wildman–Crippen LogP) is 1.42. The molecule has 2 aromatic rings. The van der Waals surface area contributed by atoms with Crippen LogP contribution in [0.2, 0.25) is 0 Å². The number of nitriles is 1. The molecule has 0 fully saturated rings. The second-order valence-corrected chi connectivity index (χ2v) is 4.24. The van der Waals surface area contributed by atoms with Crippen molar-refractivity contribution in [2.45, 2.75) is 6.61 Å². The Morgan fingerprint density at radius 3 is 2.38 bits per heavy atom. The van der Waals surface area contributed by atoms with Crippen molar-refractivity contribution in [2.24, 2.45) is 0 Å². The lowest BCUT2D eigenvalue weighted by Gasteiger charge is -2.10. The smallest absolute Gasteiger partial charge is 0.457 e. The van der Waals surface area contributed by atoms with E-state index in [0.29, 0.717) is 28.3 Å². The number of nitrogens with two attached hydrogens (primary N) is 1. The van der Waals surface area contributed by atoms with Gasteiger partial charge in [0.1, 0.15) is 11.5 Å². The third-order valence-corrected chi connectivity index (χ3v) is 2.72. The Bertz CT molecular complexity index is 653. The quantitative estimate of drug-likeness (QED) is 0.566. The van der Waals surface area contributed by atoms with Crippen LogP contribution in [-0.4, -0.2) is 17.4 Å². The molecule has 0 amide bonds. The molecule has 0 bridgehead atoms. The van der Waals surface area contributed by atoms with Crippen LogP contribution in [0.3, 0.4) is 0 Å². The molecule has 0 aliphatic rings. The fourth-order valence-electron chi connectivity index (χ4n) is 1.67. The van der Waals surface area contributed by atoms with E-state index in [1.165, 1.54) is 0 Å². The van der Waals surface area contributed by atoms with Crippen molar-refractivity contribution in [1.82, 2.24) is 0 Å². The first kappa shape index (κ1) is 14.9. The highest BCUT2D eigenvalue weighted by Gasteiger charge is 2.10. The molecule has 0 saturated carbocycles. The maximum Gasteiger partial charge on any atom is 0.634 e. The molecule has 106 valence electrons. The highest BCUT2D eigenvalue weighted by Crippen LogP contribution is 2.25. The molecule has 0 aliphatic heterocycles. The van der Waals surface area contributed by atoms with E-state index in [1.54, 1.807) is 42.5 Å². The van der Waals surface area contributed by atoms with Crippen LogP contribution in [-0.2, 0) is 11.3 Å². The molecule has 4 N–H and O–H groups in total. The first-order chi connectivity index (χ1) is 10.1. The van der Waals surface area contributed by atoms with Gasteiger partial charge in [0, 0.05) is 11.3 Å². The molecular formula is C14H13BN2O4. The fraction of sp³-hybridized carbons (Fsp3) is 0.0714. The number of nitrogens with zero attached hydrogens (tertiary/aromatic N) is 1. The van der Waals surface area contributed by atoms with E-state index >= 15 is 0 Å². The minimum absolute atomic E-state index is 0.0475. The van der Waals surface area contributed by atoms with Crippen LogP contribution < -0.4 is 10.5 Å². The van der Waals surface area contributed by atoms with E-state index < -0.39 is 7.32 Å². The standard InChI is InChI=1S/C14H13BN2O4/c16-8-10-1-3-12(4-2-10)21-13-5-6-14(17)11(7-13)9-20-15(18)19/h1-7,18-19H,9,17H2. The number of nitrogen functional groups attached to an aromatic ring is 1. The van der Waals surface area contributed by atoms with Crippen molar-refractivity contribution in [1.29, 1.82) is 5.26 Å². The van der Waals surface area contributed by atoms with E-state index in [0.717, 1.165) is 0 Å². The summed E-state index contributed by atoms with van der Waals surface area (Å²) in [5, 5.41) is 26.1. The lowest BCUT2D eigenvalue weighted by atomic mass is 10.1. The van der Waals surface area contributed by atoms with Crippen LogP contribution in [0.5, 0.6) is 11.5 Å². The zero-order valence-corrected chi connectivity index (χ0v) is 11.1. The largest absolute Gasteiger partial charge is 0.634 e. The first-order valence-corrected chi connectivity index (χ1v) is 6.12. The van der Waals surface area contributed by atoms with E-state index in [4.69, 9.17) is 25.8 Å². The molecule has 21 heavy (non-hydrogen) atoms. The Hall–Kier alpha value is -2.53. The van der Waals surface area contributed by atoms with Gasteiger partial charge >= 0.3 is 7.32 Å². The van der Waals surface area contributed by atoms with Gasteiger partial charge < -0.3 is 25.2 Å². The van der Waals surface area contributed by atoms with Gasteiger partial charge in [-0.05, 0) is 42.5 Å². The summed E-state index contributed by atoms with van der Waals surface area (Å²) in [6.45, 7) is -0.0475. The van der Waals surface area contributed by atoms with Gasteiger partial charge in [0.05, 0.1) is 18.2 Å². The lowest BCUT2D eigenvalue weighted by molar-refractivity contribution is 0.177. The Labute approximate surface area is 122 Å². The third-order valence-electron chi connectivity index (χ3n) is 2.72. The molecule has 0 radical (unpaired) electrons. The Kier molecular flexibility index (Phi) is 4.79. The molecule has 7 heteroatoms. The molecule has 0 saturated heterocycles. The Morgan fingerprint density at radius 1 is 1.10 bits per heavy atom. The van der Waals surface area contributed by atoms with Crippen LogP contribution in [0.4, 0.5) is 5.69 Å². The summed E-state index contributed by atoms with van der Waals surface area (Å²) < 4.78 is 10.3. The van der Waals surface area contributed by atoms with Crippen molar-refractivity contribution in [2.75, 3.05) is 5.73 Å². The van der Waals surface area contributed by atoms with Crippen molar-refractivity contribution in [3.05, 3.63) is 53.6 Å². The summed E-state index contributed by atoms with van der Waals surface area (Å²) in [7, 11) is -1.85. The second kappa shape index (κ2) is 6.77. The summed E-state index contributed by atoms with van der Waals surface area (Å²) in [5.41, 5.74) is 7.36. The highest BCUT2D eigenvalue weighted by molar-refractivity contribution is 6.32. The van der Waals surface area contributed by atoms with Crippen molar-refractivity contribution >= 4 is 13.0 Å². The number of benzene rings is 2. The van der Waals surface area contributed by atoms with Gasteiger partial charge in [0.15, 0.2) is 0 Å². The molecule has 0 unspecified atom stereocenters. The van der Waals surface area contributed by atoms with Crippen molar-refractivity contribution < 1.29 is 19.4 Å². The van der Waals surface area contributed by atoms with E-state index in [-0.39, 0.29) is 6.61 Å². The molecule has 2 aromatic carbocycles. The summed E-state index contributed by atoms with van der Waals surface area (Å²) in [6.07, 6.45) is 0. The monoisotopic (exact) mass is 284 g/mol. The zero-order chi connectivity index (χ0) is 15.2. The number of ether oxygens (including phenoxy) is 1.